The van der Waals surface area contributed by atoms with Crippen LogP contribution in [0.15, 0.2) is 48.5 Å². The maximum Gasteiger partial charge on any atom is 0.387 e. The summed E-state index contributed by atoms with van der Waals surface area (Å²) >= 11 is 0. The summed E-state index contributed by atoms with van der Waals surface area (Å²) in [6.07, 6.45) is 9.75. The summed E-state index contributed by atoms with van der Waals surface area (Å²) in [6, 6.07) is 12.3. The number of alkyl halides is 5. The first-order valence-corrected chi connectivity index (χ1v) is 16.8. The molecule has 45 heavy (non-hydrogen) atoms. The van der Waals surface area contributed by atoms with E-state index in [0.29, 0.717) is 29.0 Å². The van der Waals surface area contributed by atoms with E-state index in [-0.39, 0.29) is 28.7 Å². The summed E-state index contributed by atoms with van der Waals surface area (Å²) in [6.45, 7) is 2.19. The Morgan fingerprint density at radius 3 is 1.96 bits per heavy atom. The lowest BCUT2D eigenvalue weighted by atomic mass is 9.53. The van der Waals surface area contributed by atoms with E-state index in [1.807, 2.05) is 0 Å². The van der Waals surface area contributed by atoms with Crippen LogP contribution in [-0.4, -0.2) is 31.6 Å². The molecular formula is C36H47F5N2O2. The Kier molecular flexibility index (Phi) is 9.16. The number of hydrogen-bond donors (Lipinski definition) is 2. The van der Waals surface area contributed by atoms with Crippen LogP contribution in [0.25, 0.3) is 0 Å². The van der Waals surface area contributed by atoms with Crippen molar-refractivity contribution in [1.29, 1.82) is 0 Å². The topological polar surface area (TPSA) is 42.5 Å². The first kappa shape index (κ1) is 32.5. The quantitative estimate of drug-likeness (QED) is 0.180. The molecule has 0 aromatic heterocycles. The number of halogens is 5. The molecule has 0 aliphatic heterocycles. The van der Waals surface area contributed by atoms with E-state index in [1.165, 1.54) is 49.9 Å². The number of ether oxygens (including phenoxy) is 2. The predicted octanol–water partition coefficient (Wildman–Crippen LogP) is 9.26. The molecule has 4 nitrogen and oxygen atoms in total. The second-order valence-electron chi connectivity index (χ2n) is 14.2. The minimum absolute atomic E-state index is 0.0141. The number of hydrogen-bond acceptors (Lipinski definition) is 4. The summed E-state index contributed by atoms with van der Waals surface area (Å²) in [4.78, 5) is 0. The monoisotopic (exact) mass is 634 g/mol. The fourth-order valence-corrected chi connectivity index (χ4v) is 10.3. The number of rotatable bonds is 12. The highest BCUT2D eigenvalue weighted by atomic mass is 19.3. The van der Waals surface area contributed by atoms with Crippen LogP contribution in [-0.2, 0) is 0 Å². The highest BCUT2D eigenvalue weighted by Gasteiger charge is 2.84. The molecule has 0 bridgehead atoms. The van der Waals surface area contributed by atoms with Crippen molar-refractivity contribution in [2.75, 3.05) is 6.54 Å². The van der Waals surface area contributed by atoms with Crippen molar-refractivity contribution in [3.05, 3.63) is 59.7 Å². The van der Waals surface area contributed by atoms with Crippen LogP contribution in [0.2, 0.25) is 0 Å². The van der Waals surface area contributed by atoms with Crippen LogP contribution < -0.4 is 20.1 Å². The van der Waals surface area contributed by atoms with Gasteiger partial charge in [-0.15, -0.1) is 0 Å². The molecule has 6 unspecified atom stereocenters. The average Bonchev–Trinajstić information content (AvgIpc) is 3.27. The van der Waals surface area contributed by atoms with Gasteiger partial charge in [0.15, 0.2) is 5.79 Å². The van der Waals surface area contributed by atoms with E-state index < -0.39 is 30.5 Å². The Balaban J connectivity index is 1.26. The molecule has 0 heterocycles. The van der Waals surface area contributed by atoms with Gasteiger partial charge in [0.05, 0.1) is 6.04 Å². The summed E-state index contributed by atoms with van der Waals surface area (Å²) in [7, 11) is 0. The largest absolute Gasteiger partial charge is 0.435 e. The molecule has 1 spiro atoms. The second kappa shape index (κ2) is 12.7. The van der Waals surface area contributed by atoms with E-state index in [9.17, 15) is 17.6 Å². The zero-order valence-corrected chi connectivity index (χ0v) is 26.5. The maximum absolute atomic E-state index is 17.6. The van der Waals surface area contributed by atoms with Gasteiger partial charge >= 0.3 is 13.2 Å². The lowest BCUT2D eigenvalue weighted by Crippen LogP contribution is -2.55. The zero-order chi connectivity index (χ0) is 32.0. The van der Waals surface area contributed by atoms with Gasteiger partial charge in [-0.05, 0) is 110 Å². The van der Waals surface area contributed by atoms with Crippen LogP contribution in [0.4, 0.5) is 22.0 Å². The Hall–Kier alpha value is -2.39. The zero-order valence-electron chi connectivity index (χ0n) is 26.5. The predicted molar refractivity (Wildman–Crippen MR) is 164 cm³/mol. The van der Waals surface area contributed by atoms with Crippen LogP contribution in [0, 0.1) is 34.5 Å². The van der Waals surface area contributed by atoms with Crippen molar-refractivity contribution < 1.29 is 31.4 Å². The maximum atomic E-state index is 17.6. The molecule has 4 aliphatic rings. The van der Waals surface area contributed by atoms with E-state index in [2.05, 4.69) is 40.9 Å². The fraction of sp³-hybridized carbons (Fsp3) is 0.667. The van der Waals surface area contributed by atoms with Gasteiger partial charge in [0.2, 0.25) is 0 Å². The molecule has 0 radical (unpaired) electrons. The number of nitrogens with one attached hydrogen (secondary N) is 2. The van der Waals surface area contributed by atoms with Crippen molar-refractivity contribution in [2.45, 2.75) is 110 Å². The van der Waals surface area contributed by atoms with Crippen molar-refractivity contribution in [2.24, 2.45) is 34.5 Å². The molecule has 4 saturated carbocycles. The third-order valence-corrected chi connectivity index (χ3v) is 12.2. The molecule has 9 heteroatoms. The summed E-state index contributed by atoms with van der Waals surface area (Å²) in [5.74, 6) is -0.464. The highest BCUT2D eigenvalue weighted by molar-refractivity contribution is 5.40. The summed E-state index contributed by atoms with van der Waals surface area (Å²) in [5.41, 5.74) is 1.10. The molecule has 4 aliphatic carbocycles. The standard InChI is InChI=1S/C36H47F5N2O2/c1-4-21-42-30-7-5-6-19-34(30,3)27-18-20-35-28(22(27)2)16-17-29(35)36(35,41)43-31(23-8-12-25(13-9-23)44-32(37)38)24-10-14-26(15-11-24)45-33(39)40/h8-15,22,27-33,42-43H,4-7,16-21H2,1-3H3/t22?,27?,28?,29?,30?,34-,35-,36?/m1/s1. The van der Waals surface area contributed by atoms with E-state index in [0.717, 1.165) is 38.6 Å². The van der Waals surface area contributed by atoms with Crippen molar-refractivity contribution in [3.63, 3.8) is 0 Å². The van der Waals surface area contributed by atoms with E-state index in [4.69, 9.17) is 0 Å². The molecule has 8 atom stereocenters. The van der Waals surface area contributed by atoms with Gasteiger partial charge in [0.1, 0.15) is 11.5 Å². The van der Waals surface area contributed by atoms with Crippen LogP contribution in [0.5, 0.6) is 11.5 Å². The Morgan fingerprint density at radius 1 is 0.800 bits per heavy atom. The van der Waals surface area contributed by atoms with E-state index in [1.54, 1.807) is 24.3 Å². The molecule has 6 rings (SSSR count). The fourth-order valence-electron chi connectivity index (χ4n) is 10.3. The minimum atomic E-state index is -2.95. The molecule has 0 amide bonds. The molecular weight excluding hydrogens is 587 g/mol. The first-order chi connectivity index (χ1) is 21.5. The van der Waals surface area contributed by atoms with E-state index >= 15 is 4.39 Å². The Bertz CT molecular complexity index is 1240. The van der Waals surface area contributed by atoms with Gasteiger partial charge in [-0.25, -0.2) is 4.39 Å². The van der Waals surface area contributed by atoms with Gasteiger partial charge in [-0.2, -0.15) is 17.6 Å². The Labute approximate surface area is 263 Å². The molecule has 4 fully saturated rings. The normalized spacial score (nSPS) is 35.8. The third-order valence-electron chi connectivity index (χ3n) is 12.2. The van der Waals surface area contributed by atoms with Gasteiger partial charge in [0, 0.05) is 17.4 Å². The van der Waals surface area contributed by atoms with Crippen LogP contribution in [0.1, 0.15) is 95.7 Å². The molecule has 2 N–H and O–H groups in total. The Morgan fingerprint density at radius 2 is 1.40 bits per heavy atom. The van der Waals surface area contributed by atoms with Crippen LogP contribution >= 0.6 is 0 Å². The minimum Gasteiger partial charge on any atom is -0.435 e. The van der Waals surface area contributed by atoms with Gasteiger partial charge in [-0.1, -0.05) is 57.9 Å². The summed E-state index contributed by atoms with van der Waals surface area (Å²) in [5, 5.41) is 7.30. The smallest absolute Gasteiger partial charge is 0.387 e. The van der Waals surface area contributed by atoms with Crippen molar-refractivity contribution in [3.8, 4) is 11.5 Å². The molecule has 2 aromatic rings. The van der Waals surface area contributed by atoms with Crippen LogP contribution in [0.3, 0.4) is 0 Å². The van der Waals surface area contributed by atoms with Gasteiger partial charge < -0.3 is 14.8 Å². The molecule has 248 valence electrons. The van der Waals surface area contributed by atoms with Gasteiger partial charge in [-0.3, -0.25) is 5.32 Å². The summed E-state index contributed by atoms with van der Waals surface area (Å²) < 4.78 is 77.9. The lowest BCUT2D eigenvalue weighted by molar-refractivity contribution is -0.0505. The lowest BCUT2D eigenvalue weighted by Gasteiger charge is -2.54. The average molecular weight is 635 g/mol. The third kappa shape index (κ3) is 5.74. The SMILES string of the molecule is CCCNC1CCCC[C@]1(C)C1CC[C@@]23C(CCC2C3(F)NC(c2ccc(OC(F)F)cc2)c2ccc(OC(F)F)cc2)C1C. The van der Waals surface area contributed by atoms with Crippen molar-refractivity contribution >= 4 is 0 Å². The second-order valence-corrected chi connectivity index (χ2v) is 14.2. The van der Waals surface area contributed by atoms with Gasteiger partial charge in [0.25, 0.3) is 0 Å². The number of benzene rings is 2. The molecule has 0 saturated heterocycles. The highest BCUT2D eigenvalue weighted by Crippen LogP contribution is 2.80. The first-order valence-electron chi connectivity index (χ1n) is 16.8. The molecule has 2 aromatic carbocycles. The van der Waals surface area contributed by atoms with Crippen molar-refractivity contribution in [1.82, 2.24) is 10.6 Å².